The van der Waals surface area contributed by atoms with E-state index in [1.165, 1.54) is 6.07 Å². The van der Waals surface area contributed by atoms with Gasteiger partial charge in [0.15, 0.2) is 0 Å². The Morgan fingerprint density at radius 2 is 2.11 bits per heavy atom. The molecule has 18 heavy (non-hydrogen) atoms. The summed E-state index contributed by atoms with van der Waals surface area (Å²) >= 11 is 5.76. The summed E-state index contributed by atoms with van der Waals surface area (Å²) in [5.41, 5.74) is 1.02. The molecule has 0 unspecified atom stereocenters. The molecule has 0 aliphatic rings. The molecular formula is C13H15ClFN3. The molecule has 1 heterocycles. The molecule has 0 aliphatic heterocycles. The van der Waals surface area contributed by atoms with Gasteiger partial charge in [-0.3, -0.25) is 4.57 Å². The number of hydrogen-bond acceptors (Lipinski definition) is 2. The van der Waals surface area contributed by atoms with E-state index in [1.807, 2.05) is 20.9 Å². The van der Waals surface area contributed by atoms with Crippen molar-refractivity contribution >= 4 is 11.6 Å². The number of rotatable bonds is 3. The first-order chi connectivity index (χ1) is 8.45. The van der Waals surface area contributed by atoms with Crippen LogP contribution in [0.4, 0.5) is 4.39 Å². The van der Waals surface area contributed by atoms with Crippen molar-refractivity contribution in [1.82, 2.24) is 14.9 Å². The zero-order valence-corrected chi connectivity index (χ0v) is 11.3. The normalized spacial score (nSPS) is 11.8. The highest BCUT2D eigenvalue weighted by atomic mass is 35.5. The smallest absolute Gasteiger partial charge is 0.148 e. The minimum atomic E-state index is -0.367. The van der Waals surface area contributed by atoms with Crippen molar-refractivity contribution in [2.75, 3.05) is 7.05 Å². The van der Waals surface area contributed by atoms with Crippen LogP contribution >= 0.6 is 11.6 Å². The summed E-state index contributed by atoms with van der Waals surface area (Å²) in [6, 6.07) is 4.61. The van der Waals surface area contributed by atoms with Crippen molar-refractivity contribution in [2.45, 2.75) is 19.4 Å². The fourth-order valence-corrected chi connectivity index (χ4v) is 1.91. The minimum absolute atomic E-state index is 0.303. The van der Waals surface area contributed by atoms with Crippen LogP contribution in [0, 0.1) is 5.82 Å². The Balaban J connectivity index is 2.56. The van der Waals surface area contributed by atoms with Gasteiger partial charge in [-0.15, -0.1) is 0 Å². The van der Waals surface area contributed by atoms with Crippen LogP contribution in [-0.4, -0.2) is 16.6 Å². The predicted molar refractivity (Wildman–Crippen MR) is 70.6 cm³/mol. The lowest BCUT2D eigenvalue weighted by molar-refractivity contribution is 0.423. The first-order valence-corrected chi connectivity index (χ1v) is 6.00. The maximum absolute atomic E-state index is 13.9. The van der Waals surface area contributed by atoms with Crippen LogP contribution in [0.15, 0.2) is 30.7 Å². The fraction of sp³-hybridized carbons (Fsp3) is 0.308. The van der Waals surface area contributed by atoms with E-state index < -0.39 is 0 Å². The van der Waals surface area contributed by atoms with Gasteiger partial charge in [0, 0.05) is 5.02 Å². The number of benzene rings is 1. The molecule has 2 rings (SSSR count). The first-order valence-electron chi connectivity index (χ1n) is 5.63. The Bertz CT molecular complexity index is 563. The quantitative estimate of drug-likeness (QED) is 0.926. The summed E-state index contributed by atoms with van der Waals surface area (Å²) in [5.74, 6) is -0.367. The first kappa shape index (κ1) is 13.1. The molecular weight excluding hydrogens is 253 g/mol. The van der Waals surface area contributed by atoms with E-state index in [1.54, 1.807) is 29.2 Å². The molecule has 0 bridgehead atoms. The summed E-state index contributed by atoms with van der Waals surface area (Å²) < 4.78 is 15.7. The van der Waals surface area contributed by atoms with E-state index in [0.29, 0.717) is 10.7 Å². The molecule has 0 atom stereocenters. The maximum atomic E-state index is 13.9. The average molecular weight is 268 g/mol. The standard InChI is InChI=1S/C13H15ClFN3/c1-13(2,16-3)12-7-17-8-18(12)11-5-4-9(14)6-10(11)15/h4-8,16H,1-3H3. The molecule has 2 aromatic rings. The van der Waals surface area contributed by atoms with Gasteiger partial charge in [0.1, 0.15) is 5.82 Å². The lowest BCUT2D eigenvalue weighted by Crippen LogP contribution is -2.35. The van der Waals surface area contributed by atoms with Gasteiger partial charge < -0.3 is 5.32 Å². The van der Waals surface area contributed by atoms with Gasteiger partial charge in [0.25, 0.3) is 0 Å². The number of nitrogens with zero attached hydrogens (tertiary/aromatic N) is 2. The third-order valence-electron chi connectivity index (χ3n) is 3.07. The number of imidazole rings is 1. The zero-order valence-electron chi connectivity index (χ0n) is 10.5. The highest BCUT2D eigenvalue weighted by Gasteiger charge is 2.23. The highest BCUT2D eigenvalue weighted by Crippen LogP contribution is 2.25. The molecule has 3 nitrogen and oxygen atoms in total. The summed E-state index contributed by atoms with van der Waals surface area (Å²) in [4.78, 5) is 4.10. The van der Waals surface area contributed by atoms with Crippen LogP contribution in [0.3, 0.4) is 0 Å². The van der Waals surface area contributed by atoms with Gasteiger partial charge in [0.2, 0.25) is 0 Å². The van der Waals surface area contributed by atoms with Crippen LogP contribution in [0.25, 0.3) is 5.69 Å². The monoisotopic (exact) mass is 267 g/mol. The number of nitrogens with one attached hydrogen (secondary N) is 1. The van der Waals surface area contributed by atoms with Gasteiger partial charge in [-0.05, 0) is 39.1 Å². The molecule has 0 amide bonds. The largest absolute Gasteiger partial charge is 0.310 e. The molecule has 1 N–H and O–H groups in total. The predicted octanol–water partition coefficient (Wildman–Crippen LogP) is 3.12. The van der Waals surface area contributed by atoms with E-state index >= 15 is 0 Å². The Morgan fingerprint density at radius 1 is 1.39 bits per heavy atom. The molecule has 1 aromatic heterocycles. The summed E-state index contributed by atoms with van der Waals surface area (Å²) in [6.45, 7) is 4.02. The molecule has 0 spiro atoms. The molecule has 5 heteroatoms. The van der Waals surface area contributed by atoms with E-state index in [0.717, 1.165) is 5.69 Å². The van der Waals surface area contributed by atoms with Gasteiger partial charge in [-0.2, -0.15) is 0 Å². The molecule has 0 saturated heterocycles. The lowest BCUT2D eigenvalue weighted by Gasteiger charge is -2.25. The number of aromatic nitrogens is 2. The molecule has 0 saturated carbocycles. The number of hydrogen-bond donors (Lipinski definition) is 1. The van der Waals surface area contributed by atoms with Gasteiger partial charge >= 0.3 is 0 Å². The van der Waals surface area contributed by atoms with Crippen molar-refractivity contribution in [3.63, 3.8) is 0 Å². The molecule has 1 aromatic carbocycles. The fourth-order valence-electron chi connectivity index (χ4n) is 1.75. The molecule has 0 radical (unpaired) electrons. The summed E-state index contributed by atoms with van der Waals surface area (Å²) in [6.07, 6.45) is 3.32. The van der Waals surface area contributed by atoms with Crippen molar-refractivity contribution in [3.05, 3.63) is 47.3 Å². The second-order valence-corrected chi connectivity index (χ2v) is 5.06. The van der Waals surface area contributed by atoms with Gasteiger partial charge in [-0.25, -0.2) is 9.37 Å². The SMILES string of the molecule is CNC(C)(C)c1cncn1-c1ccc(Cl)cc1F. The van der Waals surface area contributed by atoms with Crippen LogP contribution in [0.5, 0.6) is 0 Å². The second kappa shape index (κ2) is 4.71. The van der Waals surface area contributed by atoms with Crippen molar-refractivity contribution in [3.8, 4) is 5.69 Å². The highest BCUT2D eigenvalue weighted by molar-refractivity contribution is 6.30. The Morgan fingerprint density at radius 3 is 2.72 bits per heavy atom. The third-order valence-corrected chi connectivity index (χ3v) is 3.31. The van der Waals surface area contributed by atoms with E-state index in [4.69, 9.17) is 11.6 Å². The van der Waals surface area contributed by atoms with E-state index in [-0.39, 0.29) is 11.4 Å². The van der Waals surface area contributed by atoms with Crippen molar-refractivity contribution in [2.24, 2.45) is 0 Å². The maximum Gasteiger partial charge on any atom is 0.148 e. The van der Waals surface area contributed by atoms with Crippen molar-refractivity contribution in [1.29, 1.82) is 0 Å². The minimum Gasteiger partial charge on any atom is -0.310 e. The van der Waals surface area contributed by atoms with Crippen LogP contribution in [0.2, 0.25) is 5.02 Å². The Kier molecular flexibility index (Phi) is 3.41. The third kappa shape index (κ3) is 2.26. The van der Waals surface area contributed by atoms with E-state index in [9.17, 15) is 4.39 Å². The van der Waals surface area contributed by atoms with Crippen LogP contribution in [0.1, 0.15) is 19.5 Å². The van der Waals surface area contributed by atoms with Gasteiger partial charge in [-0.1, -0.05) is 11.6 Å². The second-order valence-electron chi connectivity index (χ2n) is 4.62. The van der Waals surface area contributed by atoms with E-state index in [2.05, 4.69) is 10.3 Å². The van der Waals surface area contributed by atoms with Crippen LogP contribution < -0.4 is 5.32 Å². The topological polar surface area (TPSA) is 29.9 Å². The lowest BCUT2D eigenvalue weighted by atomic mass is 10.0. The van der Waals surface area contributed by atoms with Crippen molar-refractivity contribution < 1.29 is 4.39 Å². The summed E-state index contributed by atoms with van der Waals surface area (Å²) in [7, 11) is 1.86. The molecule has 96 valence electrons. The Labute approximate surface area is 111 Å². The molecule has 0 aliphatic carbocycles. The Hall–Kier alpha value is -1.39. The number of halogens is 2. The average Bonchev–Trinajstić information content (AvgIpc) is 2.78. The molecule has 0 fully saturated rings. The zero-order chi connectivity index (χ0) is 13.3. The van der Waals surface area contributed by atoms with Crippen LogP contribution in [-0.2, 0) is 5.54 Å². The summed E-state index contributed by atoms with van der Waals surface area (Å²) in [5, 5.41) is 3.56. The van der Waals surface area contributed by atoms with Gasteiger partial charge in [0.05, 0.1) is 29.4 Å².